The predicted octanol–water partition coefficient (Wildman–Crippen LogP) is 2.71. The molecule has 0 saturated carbocycles. The Kier molecular flexibility index (Phi) is 6.30. The van der Waals surface area contributed by atoms with Gasteiger partial charge in [-0.05, 0) is 30.7 Å². The SMILES string of the molecule is COc1ccc(-c2c(-c3ccnc(NC(=O)CN4CC[C@H](O)C4)c3)[nH]c3cc(OC)cnc23)nc1. The zero-order valence-electron chi connectivity index (χ0n) is 19.5. The van der Waals surface area contributed by atoms with Crippen molar-refractivity contribution in [3.63, 3.8) is 0 Å². The number of aromatic amines is 1. The summed E-state index contributed by atoms with van der Waals surface area (Å²) in [6, 6.07) is 9.29. The van der Waals surface area contributed by atoms with E-state index in [9.17, 15) is 9.90 Å². The minimum absolute atomic E-state index is 0.177. The Morgan fingerprint density at radius 1 is 1.14 bits per heavy atom. The number of β-amino-alcohol motifs (C(OH)–C–C–N with tert-alkyl or cyclic N) is 1. The second kappa shape index (κ2) is 9.69. The molecular formula is C25H26N6O4. The molecule has 1 fully saturated rings. The molecule has 35 heavy (non-hydrogen) atoms. The lowest BCUT2D eigenvalue weighted by Crippen LogP contribution is -2.32. The summed E-state index contributed by atoms with van der Waals surface area (Å²) in [4.78, 5) is 31.4. The number of nitrogens with one attached hydrogen (secondary N) is 2. The standard InChI is InChI=1S/C25H26N6O4/c1-34-17-3-4-19(27-11-17)23-24(29-20-10-18(35-2)12-28-25(20)23)15-5-7-26-21(9-15)30-22(33)14-31-8-6-16(32)13-31/h3-5,7,9-12,16,29,32H,6,8,13-14H2,1-2H3,(H,26,30,33)/t16-/m0/s1. The highest BCUT2D eigenvalue weighted by Gasteiger charge is 2.23. The molecule has 5 heterocycles. The molecule has 4 aromatic rings. The molecule has 0 aromatic carbocycles. The molecule has 3 N–H and O–H groups in total. The fraction of sp³-hybridized carbons (Fsp3) is 0.280. The molecule has 180 valence electrons. The van der Waals surface area contributed by atoms with Crippen molar-refractivity contribution in [2.45, 2.75) is 12.5 Å². The van der Waals surface area contributed by atoms with Crippen molar-refractivity contribution in [2.75, 3.05) is 39.2 Å². The first-order valence-electron chi connectivity index (χ1n) is 11.3. The average molecular weight is 475 g/mol. The van der Waals surface area contributed by atoms with Gasteiger partial charge in [0.15, 0.2) is 0 Å². The predicted molar refractivity (Wildman–Crippen MR) is 131 cm³/mol. The number of fused-ring (bicyclic) bond motifs is 1. The smallest absolute Gasteiger partial charge is 0.239 e. The van der Waals surface area contributed by atoms with E-state index in [1.807, 2.05) is 35.2 Å². The van der Waals surface area contributed by atoms with Gasteiger partial charge >= 0.3 is 0 Å². The van der Waals surface area contributed by atoms with Crippen LogP contribution in [0.5, 0.6) is 11.5 Å². The summed E-state index contributed by atoms with van der Waals surface area (Å²) < 4.78 is 10.6. The fourth-order valence-electron chi connectivity index (χ4n) is 4.28. The number of pyridine rings is 3. The van der Waals surface area contributed by atoms with Gasteiger partial charge in [0.25, 0.3) is 0 Å². The van der Waals surface area contributed by atoms with Crippen LogP contribution in [0.25, 0.3) is 33.5 Å². The van der Waals surface area contributed by atoms with Gasteiger partial charge in [-0.25, -0.2) is 4.98 Å². The van der Waals surface area contributed by atoms with Gasteiger partial charge in [-0.1, -0.05) is 0 Å². The topological polar surface area (TPSA) is 125 Å². The maximum atomic E-state index is 12.6. The molecule has 1 atom stereocenters. The van der Waals surface area contributed by atoms with E-state index in [1.54, 1.807) is 32.8 Å². The summed E-state index contributed by atoms with van der Waals surface area (Å²) in [6.45, 7) is 1.41. The highest BCUT2D eigenvalue weighted by atomic mass is 16.5. The number of rotatable bonds is 7. The quantitative estimate of drug-likeness (QED) is 0.373. The highest BCUT2D eigenvalue weighted by molar-refractivity contribution is 6.01. The lowest BCUT2D eigenvalue weighted by Gasteiger charge is -2.14. The Balaban J connectivity index is 1.50. The van der Waals surface area contributed by atoms with E-state index >= 15 is 0 Å². The number of anilines is 1. The molecule has 0 unspecified atom stereocenters. The highest BCUT2D eigenvalue weighted by Crippen LogP contribution is 2.38. The van der Waals surface area contributed by atoms with Crippen LogP contribution in [0.2, 0.25) is 0 Å². The first-order valence-corrected chi connectivity index (χ1v) is 11.3. The van der Waals surface area contributed by atoms with Crippen molar-refractivity contribution in [2.24, 2.45) is 0 Å². The molecule has 1 aliphatic heterocycles. The molecule has 5 rings (SSSR count). The molecule has 0 bridgehead atoms. The zero-order chi connectivity index (χ0) is 24.4. The maximum absolute atomic E-state index is 12.6. The van der Waals surface area contributed by atoms with Gasteiger partial charge in [0.2, 0.25) is 5.91 Å². The molecule has 1 saturated heterocycles. The van der Waals surface area contributed by atoms with Crippen molar-refractivity contribution in [1.29, 1.82) is 0 Å². The van der Waals surface area contributed by atoms with E-state index in [2.05, 4.69) is 25.3 Å². The second-order valence-corrected chi connectivity index (χ2v) is 8.39. The Morgan fingerprint density at radius 3 is 2.69 bits per heavy atom. The van der Waals surface area contributed by atoms with Crippen molar-refractivity contribution >= 4 is 22.8 Å². The molecule has 10 heteroatoms. The molecule has 0 radical (unpaired) electrons. The lowest BCUT2D eigenvalue weighted by atomic mass is 10.0. The summed E-state index contributed by atoms with van der Waals surface area (Å²) in [5, 5.41) is 12.6. The number of likely N-dealkylation sites (tertiary alicyclic amines) is 1. The van der Waals surface area contributed by atoms with Gasteiger partial charge in [-0.2, -0.15) is 0 Å². The summed E-state index contributed by atoms with van der Waals surface area (Å²) >= 11 is 0. The van der Waals surface area contributed by atoms with Gasteiger partial charge in [0.05, 0.1) is 67.2 Å². The molecule has 0 aliphatic carbocycles. The van der Waals surface area contributed by atoms with Gasteiger partial charge in [0, 0.05) is 30.9 Å². The van der Waals surface area contributed by atoms with Crippen molar-refractivity contribution in [3.8, 4) is 34.0 Å². The van der Waals surface area contributed by atoms with Crippen LogP contribution in [-0.4, -0.2) is 75.8 Å². The number of aliphatic hydroxyl groups excluding tert-OH is 1. The van der Waals surface area contributed by atoms with Gasteiger partial charge in [-0.15, -0.1) is 0 Å². The number of methoxy groups -OCH3 is 2. The third kappa shape index (κ3) is 4.79. The van der Waals surface area contributed by atoms with Crippen molar-refractivity contribution in [1.82, 2.24) is 24.8 Å². The van der Waals surface area contributed by atoms with Crippen LogP contribution in [0, 0.1) is 0 Å². The number of ether oxygens (including phenoxy) is 2. The fourth-order valence-corrected chi connectivity index (χ4v) is 4.28. The Morgan fingerprint density at radius 2 is 1.97 bits per heavy atom. The van der Waals surface area contributed by atoms with Crippen LogP contribution in [0.15, 0.2) is 48.9 Å². The third-order valence-corrected chi connectivity index (χ3v) is 6.00. The largest absolute Gasteiger partial charge is 0.495 e. The number of carbonyl (C=O) groups is 1. The average Bonchev–Trinajstić information content (AvgIpc) is 3.46. The van der Waals surface area contributed by atoms with E-state index in [4.69, 9.17) is 9.47 Å². The van der Waals surface area contributed by atoms with Gasteiger partial charge in [0.1, 0.15) is 17.3 Å². The first kappa shape index (κ1) is 22.8. The Bertz CT molecular complexity index is 1350. The molecule has 4 aromatic heterocycles. The molecule has 0 spiro atoms. The van der Waals surface area contributed by atoms with Crippen LogP contribution in [0.1, 0.15) is 6.42 Å². The number of amides is 1. The van der Waals surface area contributed by atoms with Crippen LogP contribution in [0.3, 0.4) is 0 Å². The summed E-state index contributed by atoms with van der Waals surface area (Å²) in [5.41, 5.74) is 4.69. The van der Waals surface area contributed by atoms with E-state index in [-0.39, 0.29) is 18.6 Å². The minimum atomic E-state index is -0.372. The molecule has 10 nitrogen and oxygen atoms in total. The summed E-state index contributed by atoms with van der Waals surface area (Å²) in [6.07, 6.45) is 5.29. The van der Waals surface area contributed by atoms with Gasteiger partial charge < -0.3 is 24.9 Å². The Hall–Kier alpha value is -4.02. The van der Waals surface area contributed by atoms with Crippen LogP contribution in [0.4, 0.5) is 5.82 Å². The molecular weight excluding hydrogens is 448 g/mol. The van der Waals surface area contributed by atoms with Gasteiger partial charge in [-0.3, -0.25) is 19.7 Å². The summed E-state index contributed by atoms with van der Waals surface area (Å²) in [7, 11) is 3.19. The third-order valence-electron chi connectivity index (χ3n) is 6.00. The van der Waals surface area contributed by atoms with E-state index in [0.717, 1.165) is 33.5 Å². The number of aliphatic hydroxyl groups is 1. The van der Waals surface area contributed by atoms with E-state index in [1.165, 1.54) is 0 Å². The maximum Gasteiger partial charge on any atom is 0.239 e. The van der Waals surface area contributed by atoms with Crippen LogP contribution < -0.4 is 14.8 Å². The first-order chi connectivity index (χ1) is 17.0. The summed E-state index contributed by atoms with van der Waals surface area (Å²) in [5.74, 6) is 1.55. The number of hydrogen-bond acceptors (Lipinski definition) is 8. The van der Waals surface area contributed by atoms with Crippen LogP contribution in [-0.2, 0) is 4.79 Å². The normalized spacial score (nSPS) is 15.9. The van der Waals surface area contributed by atoms with Crippen LogP contribution >= 0.6 is 0 Å². The van der Waals surface area contributed by atoms with E-state index < -0.39 is 0 Å². The van der Waals surface area contributed by atoms with E-state index in [0.29, 0.717) is 36.8 Å². The molecule has 1 aliphatic rings. The zero-order valence-corrected chi connectivity index (χ0v) is 19.5. The number of carbonyl (C=O) groups excluding carboxylic acids is 1. The lowest BCUT2D eigenvalue weighted by molar-refractivity contribution is -0.117. The number of H-pyrrole nitrogens is 1. The Labute approximate surface area is 202 Å². The number of aromatic nitrogens is 4. The number of hydrogen-bond donors (Lipinski definition) is 3. The van der Waals surface area contributed by atoms with Crippen molar-refractivity contribution < 1.29 is 19.4 Å². The minimum Gasteiger partial charge on any atom is -0.495 e. The van der Waals surface area contributed by atoms with Crippen molar-refractivity contribution in [3.05, 3.63) is 48.9 Å². The number of nitrogens with zero attached hydrogens (tertiary/aromatic N) is 4. The monoisotopic (exact) mass is 474 g/mol. The second-order valence-electron chi connectivity index (χ2n) is 8.39. The molecule has 1 amide bonds.